The van der Waals surface area contributed by atoms with E-state index in [1.807, 2.05) is 0 Å². The van der Waals surface area contributed by atoms with E-state index in [0.29, 0.717) is 0 Å². The lowest BCUT2D eigenvalue weighted by atomic mass is 9.73. The summed E-state index contributed by atoms with van der Waals surface area (Å²) in [6, 6.07) is 17.7. The maximum Gasteiger partial charge on any atom is 0.0633 e. The van der Waals surface area contributed by atoms with Crippen LogP contribution in [0.3, 0.4) is 0 Å². The zero-order valence-electron chi connectivity index (χ0n) is 12.7. The predicted octanol–water partition coefficient (Wildman–Crippen LogP) is 3.70. The quantitative estimate of drug-likeness (QED) is 0.648. The van der Waals surface area contributed by atoms with Crippen molar-refractivity contribution in [2.75, 3.05) is 6.54 Å². The molecule has 1 aliphatic heterocycles. The van der Waals surface area contributed by atoms with Gasteiger partial charge in [0.1, 0.15) is 0 Å². The molecule has 22 heavy (non-hydrogen) atoms. The Morgan fingerprint density at radius 2 is 1.68 bits per heavy atom. The van der Waals surface area contributed by atoms with Crippen molar-refractivity contribution in [3.8, 4) is 0 Å². The highest BCUT2D eigenvalue weighted by Gasteiger charge is 2.40. The molecule has 1 unspecified atom stereocenters. The molecule has 0 radical (unpaired) electrons. The summed E-state index contributed by atoms with van der Waals surface area (Å²) in [4.78, 5) is 3.74. The normalized spacial score (nSPS) is 23.5. The van der Waals surface area contributed by atoms with E-state index in [1.165, 1.54) is 39.7 Å². The molecule has 2 N–H and O–H groups in total. The van der Waals surface area contributed by atoms with Gasteiger partial charge in [0.2, 0.25) is 0 Å². The molecule has 2 nitrogen and oxygen atoms in total. The minimum Gasteiger partial charge on any atom is -0.357 e. The van der Waals surface area contributed by atoms with Crippen LogP contribution in [-0.4, -0.2) is 11.5 Å². The van der Waals surface area contributed by atoms with Gasteiger partial charge in [0.05, 0.1) is 5.54 Å². The lowest BCUT2D eigenvalue weighted by molar-refractivity contribution is 0.271. The van der Waals surface area contributed by atoms with E-state index in [2.05, 4.69) is 58.8 Å². The van der Waals surface area contributed by atoms with Gasteiger partial charge in [-0.2, -0.15) is 0 Å². The molecule has 0 fully saturated rings. The van der Waals surface area contributed by atoms with Gasteiger partial charge in [0, 0.05) is 23.1 Å². The third-order valence-electron chi connectivity index (χ3n) is 5.56. The minimum absolute atomic E-state index is 0.0982. The molecule has 1 atom stereocenters. The van der Waals surface area contributed by atoms with Crippen LogP contribution in [0.15, 0.2) is 48.5 Å². The molecule has 1 aliphatic carbocycles. The summed E-state index contributed by atoms with van der Waals surface area (Å²) >= 11 is 0. The number of hydrogen-bond donors (Lipinski definition) is 2. The standard InChI is InChI=1S/C20H20N2/c1-2-6-15-13-20(11-9-14(15)5-1)19-17(10-12-21-20)16-7-3-4-8-18(16)22-19/h1-8,21-22H,9-13H2. The number of para-hydroxylation sites is 1. The van der Waals surface area contributed by atoms with Crippen molar-refractivity contribution in [3.63, 3.8) is 0 Å². The number of aromatic nitrogens is 1. The maximum absolute atomic E-state index is 3.86. The third-order valence-corrected chi connectivity index (χ3v) is 5.56. The van der Waals surface area contributed by atoms with Crippen molar-refractivity contribution >= 4 is 10.9 Å². The van der Waals surface area contributed by atoms with Crippen LogP contribution in [-0.2, 0) is 24.8 Å². The number of aryl methyl sites for hydroxylation is 1. The summed E-state index contributed by atoms with van der Waals surface area (Å²) in [7, 11) is 0. The summed E-state index contributed by atoms with van der Waals surface area (Å²) in [6.07, 6.45) is 4.58. The predicted molar refractivity (Wildman–Crippen MR) is 90.2 cm³/mol. The summed E-state index contributed by atoms with van der Waals surface area (Å²) in [5, 5.41) is 5.28. The van der Waals surface area contributed by atoms with Gasteiger partial charge >= 0.3 is 0 Å². The van der Waals surface area contributed by atoms with Gasteiger partial charge in [0.15, 0.2) is 0 Å². The average Bonchev–Trinajstić information content (AvgIpc) is 2.96. The number of benzene rings is 2. The Labute approximate surface area is 130 Å². The van der Waals surface area contributed by atoms with Gasteiger partial charge in [-0.1, -0.05) is 42.5 Å². The Hall–Kier alpha value is -2.06. The smallest absolute Gasteiger partial charge is 0.0633 e. The van der Waals surface area contributed by atoms with Crippen molar-refractivity contribution < 1.29 is 0 Å². The van der Waals surface area contributed by atoms with Crippen LogP contribution in [0.1, 0.15) is 28.8 Å². The van der Waals surface area contributed by atoms with Crippen LogP contribution in [0.4, 0.5) is 0 Å². The van der Waals surface area contributed by atoms with Crippen LogP contribution < -0.4 is 5.32 Å². The second-order valence-corrected chi connectivity index (χ2v) is 6.73. The molecule has 1 spiro atoms. The fourth-order valence-electron chi connectivity index (χ4n) is 4.48. The average molecular weight is 288 g/mol. The molecule has 3 aromatic rings. The minimum atomic E-state index is 0.0982. The van der Waals surface area contributed by atoms with Crippen LogP contribution in [0.5, 0.6) is 0 Å². The first-order valence-corrected chi connectivity index (χ1v) is 8.28. The van der Waals surface area contributed by atoms with Crippen molar-refractivity contribution in [2.24, 2.45) is 0 Å². The maximum atomic E-state index is 3.86. The zero-order chi connectivity index (χ0) is 14.6. The number of H-pyrrole nitrogens is 1. The SMILES string of the molecule is c1ccc2c(c1)CCC1(C2)NCCc2c1[nH]c1ccccc21. The zero-order valence-corrected chi connectivity index (χ0v) is 12.7. The molecule has 2 aliphatic rings. The van der Waals surface area contributed by atoms with Gasteiger partial charge in [0.25, 0.3) is 0 Å². The van der Waals surface area contributed by atoms with Gasteiger partial charge in [-0.05, 0) is 48.4 Å². The summed E-state index contributed by atoms with van der Waals surface area (Å²) in [5.41, 5.74) is 7.39. The third kappa shape index (κ3) is 1.65. The van der Waals surface area contributed by atoms with Crippen LogP contribution in [0.2, 0.25) is 0 Å². The van der Waals surface area contributed by atoms with E-state index in [0.717, 1.165) is 25.8 Å². The van der Waals surface area contributed by atoms with Crippen LogP contribution >= 0.6 is 0 Å². The van der Waals surface area contributed by atoms with Gasteiger partial charge in [-0.25, -0.2) is 0 Å². The second-order valence-electron chi connectivity index (χ2n) is 6.73. The number of rotatable bonds is 0. The Bertz CT molecular complexity index is 861. The Morgan fingerprint density at radius 3 is 2.64 bits per heavy atom. The summed E-state index contributed by atoms with van der Waals surface area (Å²) in [5.74, 6) is 0. The van der Waals surface area contributed by atoms with E-state index in [1.54, 1.807) is 0 Å². The number of aromatic amines is 1. The summed E-state index contributed by atoms with van der Waals surface area (Å²) in [6.45, 7) is 1.08. The van der Waals surface area contributed by atoms with Crippen LogP contribution in [0.25, 0.3) is 10.9 Å². The number of fused-ring (bicyclic) bond motifs is 5. The highest BCUT2D eigenvalue weighted by molar-refractivity contribution is 5.85. The molecule has 2 heterocycles. The molecule has 2 aromatic carbocycles. The molecule has 0 amide bonds. The van der Waals surface area contributed by atoms with Crippen molar-refractivity contribution in [1.82, 2.24) is 10.3 Å². The molecular weight excluding hydrogens is 268 g/mol. The van der Waals surface area contributed by atoms with Crippen molar-refractivity contribution in [2.45, 2.75) is 31.2 Å². The molecular formula is C20H20N2. The van der Waals surface area contributed by atoms with Gasteiger partial charge < -0.3 is 10.3 Å². The molecule has 0 bridgehead atoms. The summed E-state index contributed by atoms with van der Waals surface area (Å²) < 4.78 is 0. The van der Waals surface area contributed by atoms with E-state index >= 15 is 0 Å². The second kappa shape index (κ2) is 4.47. The van der Waals surface area contributed by atoms with Gasteiger partial charge in [-0.3, -0.25) is 0 Å². The Balaban J connectivity index is 1.69. The fourth-order valence-corrected chi connectivity index (χ4v) is 4.48. The molecule has 2 heteroatoms. The van der Waals surface area contributed by atoms with E-state index in [4.69, 9.17) is 0 Å². The largest absolute Gasteiger partial charge is 0.357 e. The monoisotopic (exact) mass is 288 g/mol. The van der Waals surface area contributed by atoms with E-state index < -0.39 is 0 Å². The Kier molecular flexibility index (Phi) is 2.53. The fraction of sp³-hybridized carbons (Fsp3) is 0.300. The molecule has 1 aromatic heterocycles. The topological polar surface area (TPSA) is 27.8 Å². The molecule has 0 saturated heterocycles. The molecule has 0 saturated carbocycles. The van der Waals surface area contributed by atoms with E-state index in [9.17, 15) is 0 Å². The first kappa shape index (κ1) is 12.5. The lowest BCUT2D eigenvalue weighted by Gasteiger charge is -2.42. The Morgan fingerprint density at radius 1 is 0.864 bits per heavy atom. The van der Waals surface area contributed by atoms with Gasteiger partial charge in [-0.15, -0.1) is 0 Å². The van der Waals surface area contributed by atoms with Crippen molar-refractivity contribution in [3.05, 3.63) is 70.9 Å². The highest BCUT2D eigenvalue weighted by atomic mass is 15.0. The van der Waals surface area contributed by atoms with E-state index in [-0.39, 0.29) is 5.54 Å². The first-order chi connectivity index (χ1) is 10.9. The van der Waals surface area contributed by atoms with Crippen LogP contribution in [0, 0.1) is 0 Å². The molecule has 5 rings (SSSR count). The first-order valence-electron chi connectivity index (χ1n) is 8.28. The molecule has 110 valence electrons. The number of nitrogens with one attached hydrogen (secondary N) is 2. The lowest BCUT2D eigenvalue weighted by Crippen LogP contribution is -2.51. The van der Waals surface area contributed by atoms with Crippen molar-refractivity contribution in [1.29, 1.82) is 0 Å². The highest BCUT2D eigenvalue weighted by Crippen LogP contribution is 2.41. The number of hydrogen-bond acceptors (Lipinski definition) is 1.